The van der Waals surface area contributed by atoms with Crippen LogP contribution in [0.5, 0.6) is 0 Å². The topological polar surface area (TPSA) is 94.4 Å². The summed E-state index contributed by atoms with van der Waals surface area (Å²) in [6, 6.07) is 2.25. The maximum Gasteiger partial charge on any atom is 0.328 e. The summed E-state index contributed by atoms with van der Waals surface area (Å²) in [4.78, 5) is 25.2. The molecule has 0 aromatic carbocycles. The molecule has 0 amide bonds. The fraction of sp³-hybridized carbons (Fsp3) is 0.333. The lowest BCUT2D eigenvalue weighted by molar-refractivity contribution is -0.384. The van der Waals surface area contributed by atoms with E-state index in [1.807, 2.05) is 0 Å². The van der Waals surface area contributed by atoms with Crippen molar-refractivity contribution in [3.8, 4) is 0 Å². The van der Waals surface area contributed by atoms with Gasteiger partial charge in [0.05, 0.1) is 11.5 Å². The van der Waals surface area contributed by atoms with Crippen molar-refractivity contribution in [2.24, 2.45) is 0 Å². The van der Waals surface area contributed by atoms with Crippen molar-refractivity contribution in [2.45, 2.75) is 12.5 Å². The van der Waals surface area contributed by atoms with Gasteiger partial charge in [-0.15, -0.1) is 0 Å². The molecule has 1 aromatic rings. The number of nitrogens with zero attached hydrogens (tertiary/aromatic N) is 2. The normalized spacial score (nSPS) is 19.2. The third-order valence-electron chi connectivity index (χ3n) is 2.23. The van der Waals surface area contributed by atoms with Gasteiger partial charge in [0.2, 0.25) is 5.82 Å². The largest absolute Gasteiger partial charge is 0.464 e. The van der Waals surface area contributed by atoms with Gasteiger partial charge in [0.15, 0.2) is 0 Å². The average molecular weight is 223 g/mol. The zero-order valence-electron chi connectivity index (χ0n) is 8.25. The number of carbonyl (C=O) groups is 1. The Morgan fingerprint density at radius 2 is 2.44 bits per heavy atom. The van der Waals surface area contributed by atoms with Crippen LogP contribution in [-0.4, -0.2) is 28.5 Å². The first-order chi connectivity index (χ1) is 7.68. The van der Waals surface area contributed by atoms with E-state index in [9.17, 15) is 14.9 Å². The van der Waals surface area contributed by atoms with Gasteiger partial charge in [-0.25, -0.2) is 9.78 Å². The van der Waals surface area contributed by atoms with Crippen molar-refractivity contribution < 1.29 is 14.5 Å². The number of carbonyl (C=O) groups excluding carboxylic acids is 1. The van der Waals surface area contributed by atoms with Crippen LogP contribution in [0.1, 0.15) is 6.42 Å². The first-order valence-corrected chi connectivity index (χ1v) is 4.71. The Balaban J connectivity index is 2.20. The molecule has 1 aliphatic heterocycles. The lowest BCUT2D eigenvalue weighted by atomic mass is 10.2. The summed E-state index contributed by atoms with van der Waals surface area (Å²) in [5, 5.41) is 13.4. The Labute approximate surface area is 90.6 Å². The molecule has 1 unspecified atom stereocenters. The predicted molar refractivity (Wildman–Crippen MR) is 53.9 cm³/mol. The third kappa shape index (κ3) is 1.92. The molecular weight excluding hydrogens is 214 g/mol. The van der Waals surface area contributed by atoms with Crippen molar-refractivity contribution >= 4 is 17.5 Å². The molecular formula is C9H9N3O4. The molecule has 16 heavy (non-hydrogen) atoms. The van der Waals surface area contributed by atoms with Gasteiger partial charge in [0.1, 0.15) is 6.04 Å². The molecule has 0 saturated carbocycles. The van der Waals surface area contributed by atoms with Crippen LogP contribution in [0.15, 0.2) is 18.3 Å². The number of anilines is 1. The number of pyridine rings is 1. The van der Waals surface area contributed by atoms with Crippen molar-refractivity contribution in [1.82, 2.24) is 4.98 Å². The highest BCUT2D eigenvalue weighted by Crippen LogP contribution is 2.22. The van der Waals surface area contributed by atoms with Gasteiger partial charge in [0, 0.05) is 18.7 Å². The van der Waals surface area contributed by atoms with Crippen LogP contribution in [0.25, 0.3) is 0 Å². The molecule has 1 fully saturated rings. The molecule has 2 heterocycles. The van der Waals surface area contributed by atoms with Gasteiger partial charge in [-0.1, -0.05) is 0 Å². The van der Waals surface area contributed by atoms with E-state index in [1.54, 1.807) is 0 Å². The summed E-state index contributed by atoms with van der Waals surface area (Å²) < 4.78 is 4.74. The van der Waals surface area contributed by atoms with Crippen molar-refractivity contribution in [3.63, 3.8) is 0 Å². The molecule has 7 nitrogen and oxygen atoms in total. The first-order valence-electron chi connectivity index (χ1n) is 4.71. The monoisotopic (exact) mass is 223 g/mol. The predicted octanol–water partition coefficient (Wildman–Crippen LogP) is 0.717. The van der Waals surface area contributed by atoms with E-state index in [0.29, 0.717) is 13.0 Å². The first kappa shape index (κ1) is 10.3. The number of aromatic nitrogens is 1. The number of hydrogen-bond donors (Lipinski definition) is 1. The van der Waals surface area contributed by atoms with Gasteiger partial charge in [-0.05, 0) is 6.07 Å². The molecule has 1 atom stereocenters. The van der Waals surface area contributed by atoms with Gasteiger partial charge >= 0.3 is 11.7 Å². The highest BCUT2D eigenvalue weighted by molar-refractivity contribution is 5.81. The number of cyclic esters (lactones) is 1. The number of nitrogens with one attached hydrogen (secondary N) is 1. The molecule has 0 spiro atoms. The van der Waals surface area contributed by atoms with Crippen molar-refractivity contribution in [2.75, 3.05) is 11.9 Å². The number of nitro groups is 1. The zero-order chi connectivity index (χ0) is 11.5. The van der Waals surface area contributed by atoms with E-state index < -0.39 is 16.9 Å². The fourth-order valence-electron chi connectivity index (χ4n) is 1.45. The molecule has 0 bridgehead atoms. The Bertz CT molecular complexity index is 435. The van der Waals surface area contributed by atoms with Gasteiger partial charge < -0.3 is 10.1 Å². The second-order valence-electron chi connectivity index (χ2n) is 3.28. The quantitative estimate of drug-likeness (QED) is 0.461. The van der Waals surface area contributed by atoms with E-state index >= 15 is 0 Å². The Kier molecular flexibility index (Phi) is 2.67. The minimum Gasteiger partial charge on any atom is -0.464 e. The summed E-state index contributed by atoms with van der Waals surface area (Å²) in [6.07, 6.45) is 1.92. The summed E-state index contributed by atoms with van der Waals surface area (Å²) in [6.45, 7) is 0.330. The average Bonchev–Trinajstić information content (AvgIpc) is 2.65. The van der Waals surface area contributed by atoms with Crippen LogP contribution in [0.3, 0.4) is 0 Å². The molecule has 1 N–H and O–H groups in total. The summed E-state index contributed by atoms with van der Waals surface area (Å²) in [5.74, 6) is -0.309. The SMILES string of the molecule is O=C1OCCC1Nc1ncccc1[N+](=O)[O-]. The number of hydrogen-bond acceptors (Lipinski definition) is 6. The Hall–Kier alpha value is -2.18. The highest BCUT2D eigenvalue weighted by Gasteiger charge is 2.28. The van der Waals surface area contributed by atoms with Crippen molar-refractivity contribution in [3.05, 3.63) is 28.4 Å². The van der Waals surface area contributed by atoms with Gasteiger partial charge in [-0.2, -0.15) is 0 Å². The third-order valence-corrected chi connectivity index (χ3v) is 2.23. The minimum absolute atomic E-state index is 0.0938. The van der Waals surface area contributed by atoms with E-state index in [-0.39, 0.29) is 11.5 Å². The van der Waals surface area contributed by atoms with Crippen LogP contribution < -0.4 is 5.32 Å². The summed E-state index contributed by atoms with van der Waals surface area (Å²) in [5.41, 5.74) is -0.151. The van der Waals surface area contributed by atoms with Crippen LogP contribution in [-0.2, 0) is 9.53 Å². The molecule has 0 radical (unpaired) electrons. The Morgan fingerprint density at radius 3 is 3.06 bits per heavy atom. The van der Waals surface area contributed by atoms with Crippen LogP contribution >= 0.6 is 0 Å². The minimum atomic E-state index is -0.548. The van der Waals surface area contributed by atoms with E-state index in [4.69, 9.17) is 4.74 Å². The maximum absolute atomic E-state index is 11.2. The van der Waals surface area contributed by atoms with Crippen molar-refractivity contribution in [1.29, 1.82) is 0 Å². The lowest BCUT2D eigenvalue weighted by Crippen LogP contribution is -2.25. The smallest absolute Gasteiger partial charge is 0.328 e. The Morgan fingerprint density at radius 1 is 1.62 bits per heavy atom. The lowest BCUT2D eigenvalue weighted by Gasteiger charge is -2.08. The number of ether oxygens (including phenoxy) is 1. The molecule has 1 saturated heterocycles. The van der Waals surface area contributed by atoms with Gasteiger partial charge in [-0.3, -0.25) is 10.1 Å². The molecule has 7 heteroatoms. The van der Waals surface area contributed by atoms with E-state index in [1.165, 1.54) is 18.3 Å². The van der Waals surface area contributed by atoms with Gasteiger partial charge in [0.25, 0.3) is 0 Å². The number of esters is 1. The summed E-state index contributed by atoms with van der Waals surface area (Å²) >= 11 is 0. The van der Waals surface area contributed by atoms with Crippen LogP contribution in [0.2, 0.25) is 0 Å². The second kappa shape index (κ2) is 4.13. The molecule has 1 aliphatic rings. The highest BCUT2D eigenvalue weighted by atomic mass is 16.6. The molecule has 1 aromatic heterocycles. The molecule has 84 valence electrons. The van der Waals surface area contributed by atoms with Crippen LogP contribution in [0, 0.1) is 10.1 Å². The standard InChI is InChI=1S/C9H9N3O4/c13-9-6(3-5-16-9)11-8-7(12(14)15)2-1-4-10-8/h1-2,4,6H,3,5H2,(H,10,11). The zero-order valence-corrected chi connectivity index (χ0v) is 8.25. The van der Waals surface area contributed by atoms with E-state index in [2.05, 4.69) is 10.3 Å². The molecule has 2 rings (SSSR count). The fourth-order valence-corrected chi connectivity index (χ4v) is 1.45. The summed E-state index contributed by atoms with van der Waals surface area (Å²) in [7, 11) is 0. The van der Waals surface area contributed by atoms with E-state index in [0.717, 1.165) is 0 Å². The number of rotatable bonds is 3. The maximum atomic E-state index is 11.2. The van der Waals surface area contributed by atoms with Crippen LogP contribution in [0.4, 0.5) is 11.5 Å². The second-order valence-corrected chi connectivity index (χ2v) is 3.28. The molecule has 0 aliphatic carbocycles.